The van der Waals surface area contributed by atoms with Crippen LogP contribution in [0.5, 0.6) is 0 Å². The summed E-state index contributed by atoms with van der Waals surface area (Å²) in [6.45, 7) is 7.03. The van der Waals surface area contributed by atoms with Gasteiger partial charge in [0.25, 0.3) is 0 Å². The van der Waals surface area contributed by atoms with Gasteiger partial charge in [-0.05, 0) is 26.7 Å². The highest BCUT2D eigenvalue weighted by atomic mass is 16.3. The number of nitrogens with zero attached hydrogens (tertiary/aromatic N) is 2. The van der Waals surface area contributed by atoms with Crippen LogP contribution in [0.15, 0.2) is 6.07 Å². The van der Waals surface area contributed by atoms with Crippen LogP contribution in [0, 0.1) is 6.92 Å². The second-order valence-corrected chi connectivity index (χ2v) is 4.14. The lowest BCUT2D eigenvalue weighted by Gasteiger charge is -2.13. The molecule has 0 aliphatic carbocycles. The van der Waals surface area contributed by atoms with Gasteiger partial charge in [-0.25, -0.2) is 9.97 Å². The molecule has 5 nitrogen and oxygen atoms in total. The highest BCUT2D eigenvalue weighted by molar-refractivity contribution is 5.47. The van der Waals surface area contributed by atoms with Gasteiger partial charge in [0.15, 0.2) is 0 Å². The van der Waals surface area contributed by atoms with Crippen LogP contribution < -0.4 is 10.6 Å². The molecule has 1 rings (SSSR count). The van der Waals surface area contributed by atoms with Crippen molar-refractivity contribution in [3.05, 3.63) is 11.9 Å². The van der Waals surface area contributed by atoms with Crippen LogP contribution in [0.1, 0.15) is 32.5 Å². The average molecular weight is 238 g/mol. The second kappa shape index (κ2) is 7.06. The van der Waals surface area contributed by atoms with E-state index in [9.17, 15) is 0 Å². The van der Waals surface area contributed by atoms with E-state index >= 15 is 0 Å². The maximum absolute atomic E-state index is 8.72. The molecule has 0 aromatic carbocycles. The molecule has 0 aliphatic heterocycles. The maximum Gasteiger partial charge on any atom is 0.132 e. The molecule has 0 aliphatic rings. The van der Waals surface area contributed by atoms with E-state index in [1.165, 1.54) is 0 Å². The molecule has 0 saturated carbocycles. The number of aliphatic hydroxyl groups excluding tert-OH is 1. The van der Waals surface area contributed by atoms with Crippen molar-refractivity contribution in [2.45, 2.75) is 39.7 Å². The molecule has 17 heavy (non-hydrogen) atoms. The molecule has 1 atom stereocenters. The molecule has 3 N–H and O–H groups in total. The van der Waals surface area contributed by atoms with Crippen molar-refractivity contribution in [1.29, 1.82) is 0 Å². The van der Waals surface area contributed by atoms with Gasteiger partial charge in [0.05, 0.1) is 0 Å². The minimum absolute atomic E-state index is 0.190. The minimum Gasteiger partial charge on any atom is -0.396 e. The summed E-state index contributed by atoms with van der Waals surface area (Å²) in [6.07, 6.45) is 1.77. The van der Waals surface area contributed by atoms with Crippen LogP contribution >= 0.6 is 0 Å². The third-order valence-electron chi connectivity index (χ3n) is 2.49. The summed E-state index contributed by atoms with van der Waals surface area (Å²) >= 11 is 0. The van der Waals surface area contributed by atoms with E-state index in [0.29, 0.717) is 6.04 Å². The Labute approximate surface area is 103 Å². The van der Waals surface area contributed by atoms with Gasteiger partial charge in [-0.2, -0.15) is 0 Å². The molecule has 1 aromatic heterocycles. The van der Waals surface area contributed by atoms with E-state index in [0.717, 1.165) is 36.8 Å². The maximum atomic E-state index is 8.72. The van der Waals surface area contributed by atoms with Crippen molar-refractivity contribution in [3.63, 3.8) is 0 Å². The summed E-state index contributed by atoms with van der Waals surface area (Å²) in [6, 6.07) is 2.30. The Balaban J connectivity index is 2.65. The van der Waals surface area contributed by atoms with E-state index in [4.69, 9.17) is 5.11 Å². The molecule has 1 heterocycles. The Morgan fingerprint density at radius 2 is 2.06 bits per heavy atom. The topological polar surface area (TPSA) is 70.1 Å². The minimum atomic E-state index is 0.190. The number of aliphatic hydroxyl groups is 1. The third kappa shape index (κ3) is 4.99. The van der Waals surface area contributed by atoms with Crippen LogP contribution in [-0.2, 0) is 0 Å². The molecule has 5 heteroatoms. The lowest BCUT2D eigenvalue weighted by atomic mass is 10.2. The number of hydrogen-bond acceptors (Lipinski definition) is 5. The monoisotopic (exact) mass is 238 g/mol. The van der Waals surface area contributed by atoms with Crippen molar-refractivity contribution in [1.82, 2.24) is 9.97 Å². The summed E-state index contributed by atoms with van der Waals surface area (Å²) in [5.41, 5.74) is 0. The van der Waals surface area contributed by atoms with Crippen LogP contribution in [0.4, 0.5) is 11.6 Å². The zero-order valence-electron chi connectivity index (χ0n) is 10.8. The largest absolute Gasteiger partial charge is 0.396 e. The molecule has 0 bridgehead atoms. The van der Waals surface area contributed by atoms with Gasteiger partial charge in [0, 0.05) is 25.3 Å². The van der Waals surface area contributed by atoms with Gasteiger partial charge in [-0.15, -0.1) is 0 Å². The molecule has 0 saturated heterocycles. The van der Waals surface area contributed by atoms with Crippen molar-refractivity contribution >= 4 is 11.6 Å². The number of hydrogen-bond donors (Lipinski definition) is 3. The summed E-state index contributed by atoms with van der Waals surface area (Å²) in [4.78, 5) is 8.63. The zero-order chi connectivity index (χ0) is 12.7. The first-order chi connectivity index (χ1) is 8.15. The Morgan fingerprint density at radius 3 is 2.71 bits per heavy atom. The fourth-order valence-electron chi connectivity index (χ4n) is 1.38. The van der Waals surface area contributed by atoms with E-state index in [2.05, 4.69) is 34.4 Å². The number of rotatable bonds is 7. The van der Waals surface area contributed by atoms with Gasteiger partial charge in [0.2, 0.25) is 0 Å². The van der Waals surface area contributed by atoms with Crippen molar-refractivity contribution < 1.29 is 5.11 Å². The molecular weight excluding hydrogens is 216 g/mol. The number of aryl methyl sites for hydroxylation is 1. The number of anilines is 2. The predicted molar refractivity (Wildman–Crippen MR) is 70.3 cm³/mol. The highest BCUT2D eigenvalue weighted by Gasteiger charge is 2.04. The van der Waals surface area contributed by atoms with Gasteiger partial charge in [0.1, 0.15) is 17.5 Å². The van der Waals surface area contributed by atoms with Gasteiger partial charge < -0.3 is 15.7 Å². The lowest BCUT2D eigenvalue weighted by molar-refractivity contribution is 0.292. The van der Waals surface area contributed by atoms with Crippen LogP contribution in [0.2, 0.25) is 0 Å². The molecule has 1 unspecified atom stereocenters. The first-order valence-electron chi connectivity index (χ1n) is 6.12. The molecule has 0 radical (unpaired) electrons. The first kappa shape index (κ1) is 13.7. The van der Waals surface area contributed by atoms with Crippen molar-refractivity contribution in [2.24, 2.45) is 0 Å². The Hall–Kier alpha value is -1.36. The van der Waals surface area contributed by atoms with E-state index < -0.39 is 0 Å². The molecule has 1 aromatic rings. The zero-order valence-corrected chi connectivity index (χ0v) is 10.8. The fraction of sp³-hybridized carbons (Fsp3) is 0.667. The molecule has 0 fully saturated rings. The normalized spacial score (nSPS) is 12.2. The Bertz CT molecular complexity index is 343. The van der Waals surface area contributed by atoms with Gasteiger partial charge in [-0.3, -0.25) is 0 Å². The smallest absolute Gasteiger partial charge is 0.132 e. The van der Waals surface area contributed by atoms with Crippen molar-refractivity contribution in [2.75, 3.05) is 23.8 Å². The van der Waals surface area contributed by atoms with Gasteiger partial charge >= 0.3 is 0 Å². The highest BCUT2D eigenvalue weighted by Crippen LogP contribution is 2.12. The second-order valence-electron chi connectivity index (χ2n) is 4.14. The summed E-state index contributed by atoms with van der Waals surface area (Å²) < 4.78 is 0. The molecular formula is C12H22N4O. The van der Waals surface area contributed by atoms with Crippen LogP contribution in [0.3, 0.4) is 0 Å². The summed E-state index contributed by atoms with van der Waals surface area (Å²) in [5.74, 6) is 2.39. The lowest BCUT2D eigenvalue weighted by Crippen LogP contribution is -2.16. The number of nitrogens with one attached hydrogen (secondary N) is 2. The fourth-order valence-corrected chi connectivity index (χ4v) is 1.38. The molecule has 0 spiro atoms. The van der Waals surface area contributed by atoms with E-state index in [1.54, 1.807) is 0 Å². The van der Waals surface area contributed by atoms with Gasteiger partial charge in [-0.1, -0.05) is 6.92 Å². The summed E-state index contributed by atoms with van der Waals surface area (Å²) in [5, 5.41) is 15.2. The summed E-state index contributed by atoms with van der Waals surface area (Å²) in [7, 11) is 0. The van der Waals surface area contributed by atoms with E-state index in [-0.39, 0.29) is 6.61 Å². The quantitative estimate of drug-likeness (QED) is 0.632. The van der Waals surface area contributed by atoms with Crippen LogP contribution in [0.25, 0.3) is 0 Å². The molecule has 0 amide bonds. The van der Waals surface area contributed by atoms with E-state index in [1.807, 2.05) is 13.0 Å². The molecule has 96 valence electrons. The Morgan fingerprint density at radius 1 is 1.35 bits per heavy atom. The standard InChI is InChI=1S/C12H22N4O/c1-4-9(2)14-12-8-11(13-6-5-7-17)15-10(3)16-12/h8-9,17H,4-7H2,1-3H3,(H2,13,14,15,16). The predicted octanol–water partition coefficient (Wildman–Crippen LogP) is 1.79. The van der Waals surface area contributed by atoms with Crippen LogP contribution in [-0.4, -0.2) is 34.3 Å². The SMILES string of the molecule is CCC(C)Nc1cc(NCCCO)nc(C)n1. The third-order valence-corrected chi connectivity index (χ3v) is 2.49. The number of aromatic nitrogens is 2. The first-order valence-corrected chi connectivity index (χ1v) is 6.12. The average Bonchev–Trinajstić information content (AvgIpc) is 2.28. The van der Waals surface area contributed by atoms with Crippen molar-refractivity contribution in [3.8, 4) is 0 Å². The Kier molecular flexibility index (Phi) is 5.69.